The van der Waals surface area contributed by atoms with Gasteiger partial charge in [-0.2, -0.15) is 4.98 Å². The predicted molar refractivity (Wildman–Crippen MR) is 121 cm³/mol. The molecule has 0 spiro atoms. The van der Waals surface area contributed by atoms with Gasteiger partial charge in [-0.3, -0.25) is 0 Å². The number of anilines is 3. The van der Waals surface area contributed by atoms with E-state index in [0.717, 1.165) is 62.2 Å². The van der Waals surface area contributed by atoms with Crippen LogP contribution in [0.3, 0.4) is 0 Å². The number of rotatable bonds is 4. The number of aromatic hydroxyl groups is 1. The maximum Gasteiger partial charge on any atom is 0.228 e. The van der Waals surface area contributed by atoms with Gasteiger partial charge >= 0.3 is 0 Å². The van der Waals surface area contributed by atoms with Crippen molar-refractivity contribution >= 4 is 17.6 Å². The van der Waals surface area contributed by atoms with E-state index < -0.39 is 0 Å². The van der Waals surface area contributed by atoms with E-state index in [9.17, 15) is 5.11 Å². The van der Waals surface area contributed by atoms with Crippen molar-refractivity contribution in [1.82, 2.24) is 15.0 Å². The van der Waals surface area contributed by atoms with Crippen LogP contribution in [0.25, 0.3) is 11.3 Å². The Kier molecular flexibility index (Phi) is 5.54. The largest absolute Gasteiger partial charge is 0.508 e. The van der Waals surface area contributed by atoms with E-state index >= 15 is 0 Å². The predicted octanol–water partition coefficient (Wildman–Crippen LogP) is 2.41. The number of ether oxygens (including phenoxy) is 1. The molecule has 2 aliphatic rings. The molecule has 2 aliphatic heterocycles. The number of pyridine rings is 1. The van der Waals surface area contributed by atoms with E-state index in [-0.39, 0.29) is 5.75 Å². The Hall–Kier alpha value is -3.39. The van der Waals surface area contributed by atoms with Gasteiger partial charge in [0.15, 0.2) is 0 Å². The van der Waals surface area contributed by atoms with Gasteiger partial charge < -0.3 is 24.5 Å². The Balaban J connectivity index is 1.43. The number of benzene rings is 1. The summed E-state index contributed by atoms with van der Waals surface area (Å²) < 4.78 is 5.50. The number of hydrogen-bond acceptors (Lipinski definition) is 8. The molecule has 0 unspecified atom stereocenters. The third kappa shape index (κ3) is 4.39. The van der Waals surface area contributed by atoms with Crippen molar-refractivity contribution in [2.75, 3.05) is 67.2 Å². The molecule has 31 heavy (non-hydrogen) atoms. The lowest BCUT2D eigenvalue weighted by atomic mass is 10.1. The molecule has 2 fully saturated rings. The van der Waals surface area contributed by atoms with Gasteiger partial charge in [-0.15, -0.1) is 0 Å². The van der Waals surface area contributed by atoms with Gasteiger partial charge in [0.25, 0.3) is 0 Å². The molecule has 3 aromatic rings. The molecule has 160 valence electrons. The summed E-state index contributed by atoms with van der Waals surface area (Å²) in [7, 11) is 0. The summed E-state index contributed by atoms with van der Waals surface area (Å²) in [5.41, 5.74) is 1.69. The van der Waals surface area contributed by atoms with Gasteiger partial charge in [0.05, 0.1) is 18.9 Å². The second-order valence-electron chi connectivity index (χ2n) is 7.72. The fraction of sp³-hybridized carbons (Fsp3) is 0.348. The summed E-state index contributed by atoms with van der Waals surface area (Å²) in [6, 6.07) is 15.3. The number of morpholine rings is 1. The molecule has 1 aromatic carbocycles. The van der Waals surface area contributed by atoms with Gasteiger partial charge in [-0.05, 0) is 24.3 Å². The number of phenolic OH excluding ortho intramolecular Hbond substituents is 1. The summed E-state index contributed by atoms with van der Waals surface area (Å²) >= 11 is 0. The molecule has 8 nitrogen and oxygen atoms in total. The van der Waals surface area contributed by atoms with Gasteiger partial charge in [0, 0.05) is 57.1 Å². The maximum atomic E-state index is 9.96. The highest BCUT2D eigenvalue weighted by Gasteiger charge is 2.22. The van der Waals surface area contributed by atoms with Crippen molar-refractivity contribution in [2.24, 2.45) is 0 Å². The van der Waals surface area contributed by atoms with E-state index in [1.165, 1.54) is 0 Å². The monoisotopic (exact) mass is 418 g/mol. The molecule has 0 radical (unpaired) electrons. The van der Waals surface area contributed by atoms with E-state index in [4.69, 9.17) is 14.7 Å². The van der Waals surface area contributed by atoms with Crippen LogP contribution in [-0.4, -0.2) is 72.5 Å². The summed E-state index contributed by atoms with van der Waals surface area (Å²) in [6.07, 6.45) is 1.84. The number of phenols is 1. The Morgan fingerprint density at radius 1 is 0.742 bits per heavy atom. The lowest BCUT2D eigenvalue weighted by molar-refractivity contribution is 0.122. The quantitative estimate of drug-likeness (QED) is 0.692. The molecule has 0 bridgehead atoms. The molecule has 0 aliphatic carbocycles. The van der Waals surface area contributed by atoms with Crippen LogP contribution in [-0.2, 0) is 4.74 Å². The van der Waals surface area contributed by atoms with E-state index in [1.807, 2.05) is 36.5 Å². The average Bonchev–Trinajstić information content (AvgIpc) is 2.85. The third-order valence-electron chi connectivity index (χ3n) is 5.71. The van der Waals surface area contributed by atoms with Crippen LogP contribution in [0.4, 0.5) is 17.6 Å². The summed E-state index contributed by atoms with van der Waals surface area (Å²) in [5.74, 6) is 2.87. The molecule has 0 atom stereocenters. The molecule has 4 heterocycles. The van der Waals surface area contributed by atoms with E-state index in [2.05, 4.69) is 25.8 Å². The first kappa shape index (κ1) is 19.6. The van der Waals surface area contributed by atoms with Gasteiger partial charge in [-0.25, -0.2) is 9.97 Å². The molecular weight excluding hydrogens is 392 g/mol. The average molecular weight is 419 g/mol. The van der Waals surface area contributed by atoms with Crippen LogP contribution in [0.15, 0.2) is 54.7 Å². The highest BCUT2D eigenvalue weighted by atomic mass is 16.5. The zero-order valence-electron chi connectivity index (χ0n) is 17.4. The normalized spacial score (nSPS) is 17.1. The SMILES string of the molecule is Oc1cccc(-c2cc(N3CCN(c4ccccn4)CC3)nc(N3CCOCC3)n2)c1. The molecule has 1 N–H and O–H groups in total. The minimum Gasteiger partial charge on any atom is -0.508 e. The van der Waals surface area contributed by atoms with Crippen molar-refractivity contribution in [3.63, 3.8) is 0 Å². The second-order valence-corrected chi connectivity index (χ2v) is 7.72. The van der Waals surface area contributed by atoms with Crippen molar-refractivity contribution in [3.8, 4) is 17.0 Å². The minimum atomic E-state index is 0.231. The summed E-state index contributed by atoms with van der Waals surface area (Å²) in [5, 5.41) is 9.96. The number of aromatic nitrogens is 3. The molecule has 0 saturated carbocycles. The Morgan fingerprint density at radius 3 is 2.23 bits per heavy atom. The lowest BCUT2D eigenvalue weighted by Crippen LogP contribution is -2.47. The standard InChI is InChI=1S/C23H26N6O2/c30-19-5-3-4-18(16-19)20-17-22(26-23(25-20)29-12-14-31-15-13-29)28-10-8-27(9-11-28)21-6-1-2-7-24-21/h1-7,16-17,30H,8-15H2. The first-order valence-corrected chi connectivity index (χ1v) is 10.7. The van der Waals surface area contributed by atoms with Gasteiger partial charge in [0.2, 0.25) is 5.95 Å². The van der Waals surface area contributed by atoms with Gasteiger partial charge in [0.1, 0.15) is 17.4 Å². The topological polar surface area (TPSA) is 77.9 Å². The highest BCUT2D eigenvalue weighted by molar-refractivity contribution is 5.66. The number of hydrogen-bond donors (Lipinski definition) is 1. The lowest BCUT2D eigenvalue weighted by Gasteiger charge is -2.36. The fourth-order valence-corrected chi connectivity index (χ4v) is 4.01. The molecular formula is C23H26N6O2. The van der Waals surface area contributed by atoms with Crippen molar-refractivity contribution in [1.29, 1.82) is 0 Å². The zero-order chi connectivity index (χ0) is 21.0. The Morgan fingerprint density at radius 2 is 1.52 bits per heavy atom. The molecule has 2 aromatic heterocycles. The number of piperazine rings is 1. The van der Waals surface area contributed by atoms with Crippen LogP contribution < -0.4 is 14.7 Å². The van der Waals surface area contributed by atoms with E-state index in [0.29, 0.717) is 19.2 Å². The van der Waals surface area contributed by atoms with Crippen molar-refractivity contribution in [2.45, 2.75) is 0 Å². The minimum absolute atomic E-state index is 0.231. The van der Waals surface area contributed by atoms with Crippen LogP contribution in [0.5, 0.6) is 5.75 Å². The first-order valence-electron chi connectivity index (χ1n) is 10.7. The smallest absolute Gasteiger partial charge is 0.228 e. The van der Waals surface area contributed by atoms with Crippen molar-refractivity contribution < 1.29 is 9.84 Å². The van der Waals surface area contributed by atoms with Crippen LogP contribution in [0.1, 0.15) is 0 Å². The third-order valence-corrected chi connectivity index (χ3v) is 5.71. The van der Waals surface area contributed by atoms with Crippen molar-refractivity contribution in [3.05, 3.63) is 54.7 Å². The van der Waals surface area contributed by atoms with Crippen LogP contribution in [0.2, 0.25) is 0 Å². The van der Waals surface area contributed by atoms with Gasteiger partial charge in [-0.1, -0.05) is 18.2 Å². The van der Waals surface area contributed by atoms with E-state index in [1.54, 1.807) is 12.1 Å². The zero-order valence-corrected chi connectivity index (χ0v) is 17.4. The highest BCUT2D eigenvalue weighted by Crippen LogP contribution is 2.28. The first-order chi connectivity index (χ1) is 15.3. The maximum absolute atomic E-state index is 9.96. The summed E-state index contributed by atoms with van der Waals surface area (Å²) in [6.45, 7) is 6.39. The molecule has 2 saturated heterocycles. The number of nitrogens with zero attached hydrogens (tertiary/aromatic N) is 6. The second kappa shape index (κ2) is 8.77. The summed E-state index contributed by atoms with van der Waals surface area (Å²) in [4.78, 5) is 21.0. The van der Waals surface area contributed by atoms with Crippen LogP contribution >= 0.6 is 0 Å². The fourth-order valence-electron chi connectivity index (χ4n) is 4.01. The Labute approximate surface area is 181 Å². The van der Waals surface area contributed by atoms with Crippen LogP contribution in [0, 0.1) is 0 Å². The molecule has 5 rings (SSSR count). The molecule has 8 heteroatoms. The molecule has 0 amide bonds. The Bertz CT molecular complexity index is 1020.